The third-order valence-corrected chi connectivity index (χ3v) is 2.13. The first-order chi connectivity index (χ1) is 6.83. The van der Waals surface area contributed by atoms with Crippen molar-refractivity contribution >= 4 is 6.09 Å². The highest BCUT2D eigenvalue weighted by atomic mass is 16.6. The minimum Gasteiger partial charge on any atom is -0.443 e. The number of aliphatic hydroxyl groups excluding tert-OH is 1. The molecule has 0 aromatic rings. The van der Waals surface area contributed by atoms with Crippen LogP contribution in [0.1, 0.15) is 34.1 Å². The van der Waals surface area contributed by atoms with Gasteiger partial charge in [-0.15, -0.1) is 0 Å². The van der Waals surface area contributed by atoms with Crippen molar-refractivity contribution in [2.45, 2.75) is 45.8 Å². The van der Waals surface area contributed by atoms with Gasteiger partial charge in [0.15, 0.2) is 0 Å². The van der Waals surface area contributed by atoms with E-state index in [4.69, 9.17) is 9.84 Å². The lowest BCUT2D eigenvalue weighted by molar-refractivity contribution is 0.0241. The molecule has 0 saturated heterocycles. The van der Waals surface area contributed by atoms with E-state index in [1.165, 1.54) is 4.90 Å². The maximum atomic E-state index is 11.7. The Labute approximate surface area is 90.5 Å². The maximum Gasteiger partial charge on any atom is 0.414 e. The van der Waals surface area contributed by atoms with Crippen LogP contribution in [0.3, 0.4) is 0 Å². The van der Waals surface area contributed by atoms with Crippen molar-refractivity contribution in [2.24, 2.45) is 0 Å². The van der Waals surface area contributed by atoms with E-state index in [-0.39, 0.29) is 12.6 Å². The predicted molar refractivity (Wildman–Crippen MR) is 57.3 cm³/mol. The molecule has 0 bridgehead atoms. The molecule has 4 nitrogen and oxygen atoms in total. The van der Waals surface area contributed by atoms with Gasteiger partial charge in [0.05, 0.1) is 12.6 Å². The molecule has 0 saturated carbocycles. The lowest BCUT2D eigenvalue weighted by atomic mass is 10.2. The molecule has 0 aromatic carbocycles. The fourth-order valence-electron chi connectivity index (χ4n) is 1.53. The summed E-state index contributed by atoms with van der Waals surface area (Å²) >= 11 is 0. The zero-order valence-electron chi connectivity index (χ0n) is 9.78. The third-order valence-electron chi connectivity index (χ3n) is 2.13. The Hall–Kier alpha value is -1.03. The van der Waals surface area contributed by atoms with Crippen LogP contribution < -0.4 is 0 Å². The highest BCUT2D eigenvalue weighted by molar-refractivity contribution is 5.70. The monoisotopic (exact) mass is 213 g/mol. The van der Waals surface area contributed by atoms with Gasteiger partial charge in [-0.2, -0.15) is 0 Å². The molecule has 1 rings (SSSR count). The molecule has 0 unspecified atom stereocenters. The van der Waals surface area contributed by atoms with Gasteiger partial charge in [-0.25, -0.2) is 4.79 Å². The summed E-state index contributed by atoms with van der Waals surface area (Å²) in [5.74, 6) is 0. The van der Waals surface area contributed by atoms with Crippen molar-refractivity contribution in [3.63, 3.8) is 0 Å². The second-order valence-electron chi connectivity index (χ2n) is 4.90. The molecule has 86 valence electrons. The number of hydrogen-bond acceptors (Lipinski definition) is 3. The number of carbonyl (C=O) groups is 1. The van der Waals surface area contributed by atoms with Crippen molar-refractivity contribution in [1.29, 1.82) is 0 Å². The standard InChI is InChI=1S/C11H19NO3/c1-8-5-9(7-13)12(6-8)10(14)15-11(2,3)4/h6,9,13H,5,7H2,1-4H3/t9-/m0/s1. The van der Waals surface area contributed by atoms with Gasteiger partial charge >= 0.3 is 6.09 Å². The largest absolute Gasteiger partial charge is 0.443 e. The highest BCUT2D eigenvalue weighted by Crippen LogP contribution is 2.23. The first-order valence-electron chi connectivity index (χ1n) is 5.13. The normalized spacial score (nSPS) is 21.5. The van der Waals surface area contributed by atoms with E-state index >= 15 is 0 Å². The smallest absolute Gasteiger partial charge is 0.414 e. The van der Waals surface area contributed by atoms with E-state index in [2.05, 4.69) is 0 Å². The Kier molecular flexibility index (Phi) is 3.39. The summed E-state index contributed by atoms with van der Waals surface area (Å²) in [5.41, 5.74) is 0.585. The van der Waals surface area contributed by atoms with Crippen LogP contribution in [-0.2, 0) is 4.74 Å². The van der Waals surface area contributed by atoms with Gasteiger partial charge in [-0.1, -0.05) is 5.57 Å². The van der Waals surface area contributed by atoms with Crippen molar-refractivity contribution in [2.75, 3.05) is 6.61 Å². The molecule has 0 aromatic heterocycles. The predicted octanol–water partition coefficient (Wildman–Crippen LogP) is 1.89. The van der Waals surface area contributed by atoms with E-state index in [0.717, 1.165) is 12.0 Å². The zero-order valence-corrected chi connectivity index (χ0v) is 9.78. The van der Waals surface area contributed by atoms with Gasteiger partial charge in [0, 0.05) is 6.20 Å². The number of aliphatic hydroxyl groups is 1. The quantitative estimate of drug-likeness (QED) is 0.723. The lowest BCUT2D eigenvalue weighted by Crippen LogP contribution is -2.39. The summed E-state index contributed by atoms with van der Waals surface area (Å²) in [5, 5.41) is 9.12. The van der Waals surface area contributed by atoms with Crippen LogP contribution in [-0.4, -0.2) is 34.3 Å². The summed E-state index contributed by atoms with van der Waals surface area (Å²) in [4.78, 5) is 13.2. The van der Waals surface area contributed by atoms with Gasteiger partial charge in [0.1, 0.15) is 5.60 Å². The van der Waals surface area contributed by atoms with Crippen molar-refractivity contribution < 1.29 is 14.6 Å². The summed E-state index contributed by atoms with van der Waals surface area (Å²) in [6.45, 7) is 7.38. The van der Waals surface area contributed by atoms with Crippen LogP contribution in [0.25, 0.3) is 0 Å². The summed E-state index contributed by atoms with van der Waals surface area (Å²) in [7, 11) is 0. The molecule has 0 aliphatic carbocycles. The number of ether oxygens (including phenoxy) is 1. The molecular weight excluding hydrogens is 194 g/mol. The fraction of sp³-hybridized carbons (Fsp3) is 0.727. The number of carbonyl (C=O) groups excluding carboxylic acids is 1. The Bertz CT molecular complexity index is 278. The number of amides is 1. The molecule has 0 radical (unpaired) electrons. The molecule has 1 aliphatic heterocycles. The Morgan fingerprint density at radius 3 is 2.73 bits per heavy atom. The van der Waals surface area contributed by atoms with Crippen molar-refractivity contribution in [1.82, 2.24) is 4.90 Å². The van der Waals surface area contributed by atoms with Crippen LogP contribution in [0.15, 0.2) is 11.8 Å². The van der Waals surface area contributed by atoms with Crippen LogP contribution in [0, 0.1) is 0 Å². The Morgan fingerprint density at radius 2 is 2.27 bits per heavy atom. The van der Waals surface area contributed by atoms with Crippen LogP contribution in [0.5, 0.6) is 0 Å². The van der Waals surface area contributed by atoms with E-state index in [1.54, 1.807) is 6.20 Å². The molecule has 1 aliphatic rings. The molecule has 1 N–H and O–H groups in total. The summed E-state index contributed by atoms with van der Waals surface area (Å²) in [6, 6.07) is -0.167. The van der Waals surface area contributed by atoms with E-state index in [9.17, 15) is 4.79 Å². The molecule has 15 heavy (non-hydrogen) atoms. The van der Waals surface area contributed by atoms with Gasteiger partial charge in [-0.3, -0.25) is 4.90 Å². The second kappa shape index (κ2) is 4.23. The summed E-state index contributed by atoms with van der Waals surface area (Å²) < 4.78 is 5.23. The topological polar surface area (TPSA) is 49.8 Å². The van der Waals surface area contributed by atoms with Crippen molar-refractivity contribution in [3.05, 3.63) is 11.8 Å². The molecule has 1 atom stereocenters. The minimum atomic E-state index is -0.499. The average Bonchev–Trinajstić information content (AvgIpc) is 2.43. The Balaban J connectivity index is 2.66. The van der Waals surface area contributed by atoms with Crippen molar-refractivity contribution in [3.8, 4) is 0 Å². The summed E-state index contributed by atoms with van der Waals surface area (Å²) in [6.07, 6.45) is 2.07. The van der Waals surface area contributed by atoms with E-state index in [0.29, 0.717) is 0 Å². The van der Waals surface area contributed by atoms with E-state index in [1.807, 2.05) is 27.7 Å². The van der Waals surface area contributed by atoms with E-state index < -0.39 is 11.7 Å². The van der Waals surface area contributed by atoms with Crippen LogP contribution >= 0.6 is 0 Å². The second-order valence-corrected chi connectivity index (χ2v) is 4.90. The minimum absolute atomic E-state index is 0.0346. The first kappa shape index (κ1) is 12.0. The highest BCUT2D eigenvalue weighted by Gasteiger charge is 2.30. The zero-order chi connectivity index (χ0) is 11.6. The molecule has 1 amide bonds. The van der Waals surface area contributed by atoms with Crippen LogP contribution in [0.2, 0.25) is 0 Å². The molecule has 1 heterocycles. The maximum absolute atomic E-state index is 11.7. The fourth-order valence-corrected chi connectivity index (χ4v) is 1.53. The molecule has 4 heteroatoms. The average molecular weight is 213 g/mol. The number of nitrogens with zero attached hydrogens (tertiary/aromatic N) is 1. The number of hydrogen-bond donors (Lipinski definition) is 1. The third kappa shape index (κ3) is 3.23. The molecular formula is C11H19NO3. The number of rotatable bonds is 1. The Morgan fingerprint density at radius 1 is 1.67 bits per heavy atom. The van der Waals surface area contributed by atoms with Gasteiger partial charge in [0.25, 0.3) is 0 Å². The van der Waals surface area contributed by atoms with Gasteiger partial charge in [0.2, 0.25) is 0 Å². The van der Waals surface area contributed by atoms with Gasteiger partial charge in [-0.05, 0) is 34.1 Å². The molecule has 0 spiro atoms. The van der Waals surface area contributed by atoms with Crippen LogP contribution in [0.4, 0.5) is 4.79 Å². The lowest BCUT2D eigenvalue weighted by Gasteiger charge is -2.26. The molecule has 0 fully saturated rings. The first-order valence-corrected chi connectivity index (χ1v) is 5.13. The van der Waals surface area contributed by atoms with Gasteiger partial charge < -0.3 is 9.84 Å². The SMILES string of the molecule is CC1=CN(C(=O)OC(C)(C)C)[C@H](CO)C1.